The van der Waals surface area contributed by atoms with Crippen LogP contribution < -0.4 is 5.43 Å². The summed E-state index contributed by atoms with van der Waals surface area (Å²) >= 11 is 0. The fraction of sp³-hybridized carbons (Fsp3) is 0.0769. The highest BCUT2D eigenvalue weighted by atomic mass is 16.4. The van der Waals surface area contributed by atoms with Gasteiger partial charge in [-0.05, 0) is 18.2 Å². The van der Waals surface area contributed by atoms with E-state index in [0.29, 0.717) is 16.5 Å². The highest BCUT2D eigenvalue weighted by Crippen LogP contribution is 2.11. The van der Waals surface area contributed by atoms with Gasteiger partial charge in [-0.25, -0.2) is 0 Å². The molecule has 2 aromatic rings. The molecule has 4 nitrogen and oxygen atoms in total. The maximum absolute atomic E-state index is 11.5. The largest absolute Gasteiger partial charge is 0.481 e. The average Bonchev–Trinajstić information content (AvgIpc) is 2.30. The zero-order chi connectivity index (χ0) is 12.3. The highest BCUT2D eigenvalue weighted by Gasteiger charge is 2.00. The summed E-state index contributed by atoms with van der Waals surface area (Å²) in [7, 11) is 0. The molecule has 1 aromatic heterocycles. The first kappa shape index (κ1) is 11.0. The molecule has 0 saturated carbocycles. The molecule has 0 atom stereocenters. The van der Waals surface area contributed by atoms with E-state index in [4.69, 9.17) is 9.52 Å². The van der Waals surface area contributed by atoms with E-state index in [2.05, 4.69) is 11.8 Å². The monoisotopic (exact) mass is 228 g/mol. The van der Waals surface area contributed by atoms with Gasteiger partial charge in [-0.15, -0.1) is 0 Å². The van der Waals surface area contributed by atoms with Gasteiger partial charge in [-0.3, -0.25) is 9.59 Å². The predicted molar refractivity (Wildman–Crippen MR) is 61.6 cm³/mol. The Kier molecular flexibility index (Phi) is 2.93. The average molecular weight is 228 g/mol. The molecule has 2 rings (SSSR count). The van der Waals surface area contributed by atoms with Crippen molar-refractivity contribution in [3.05, 3.63) is 46.3 Å². The summed E-state index contributed by atoms with van der Waals surface area (Å²) in [4.78, 5) is 21.8. The normalized spacial score (nSPS) is 9.65. The fourth-order valence-corrected chi connectivity index (χ4v) is 1.38. The van der Waals surface area contributed by atoms with E-state index in [9.17, 15) is 9.59 Å². The molecule has 0 aliphatic carbocycles. The molecule has 0 unspecified atom stereocenters. The van der Waals surface area contributed by atoms with Crippen LogP contribution in [0.4, 0.5) is 0 Å². The first-order valence-electron chi connectivity index (χ1n) is 4.89. The first-order valence-corrected chi connectivity index (χ1v) is 4.89. The Morgan fingerprint density at radius 1 is 1.35 bits per heavy atom. The number of aliphatic carboxylic acids is 1. The van der Waals surface area contributed by atoms with Crippen molar-refractivity contribution in [1.29, 1.82) is 0 Å². The molecule has 0 aliphatic rings. The minimum absolute atomic E-state index is 0.145. The van der Waals surface area contributed by atoms with Crippen molar-refractivity contribution < 1.29 is 14.3 Å². The van der Waals surface area contributed by atoms with Crippen molar-refractivity contribution in [2.24, 2.45) is 0 Å². The van der Waals surface area contributed by atoms with Gasteiger partial charge in [0.2, 0.25) is 0 Å². The van der Waals surface area contributed by atoms with Crippen LogP contribution in [-0.4, -0.2) is 11.1 Å². The molecule has 0 amide bonds. The lowest BCUT2D eigenvalue weighted by atomic mass is 10.1. The van der Waals surface area contributed by atoms with Crippen LogP contribution in [0.25, 0.3) is 11.0 Å². The van der Waals surface area contributed by atoms with Gasteiger partial charge in [0.1, 0.15) is 12.0 Å². The van der Waals surface area contributed by atoms with E-state index < -0.39 is 5.97 Å². The van der Waals surface area contributed by atoms with Crippen LogP contribution in [0.15, 0.2) is 39.7 Å². The van der Waals surface area contributed by atoms with Gasteiger partial charge in [0.25, 0.3) is 0 Å². The van der Waals surface area contributed by atoms with Gasteiger partial charge < -0.3 is 9.52 Å². The molecule has 0 spiro atoms. The standard InChI is InChI=1S/C13H8O4/c14-11-6-7-17-12-5-4-9(8-10(11)12)2-1-3-13(15)16/h4-8H,3H2,(H,15,16). The van der Waals surface area contributed by atoms with Crippen molar-refractivity contribution in [3.63, 3.8) is 0 Å². The quantitative estimate of drug-likeness (QED) is 0.753. The van der Waals surface area contributed by atoms with Gasteiger partial charge in [-0.1, -0.05) is 11.8 Å². The molecule has 1 heterocycles. The number of hydrogen-bond donors (Lipinski definition) is 1. The summed E-state index contributed by atoms with van der Waals surface area (Å²) in [6.07, 6.45) is 1.11. The molecule has 1 N–H and O–H groups in total. The van der Waals surface area contributed by atoms with Crippen LogP contribution in [0.2, 0.25) is 0 Å². The van der Waals surface area contributed by atoms with Crippen LogP contribution in [0, 0.1) is 11.8 Å². The second-order valence-electron chi connectivity index (χ2n) is 3.37. The van der Waals surface area contributed by atoms with Gasteiger partial charge in [0, 0.05) is 11.6 Å². The van der Waals surface area contributed by atoms with Crippen molar-refractivity contribution in [2.45, 2.75) is 6.42 Å². The van der Waals surface area contributed by atoms with Crippen molar-refractivity contribution in [1.82, 2.24) is 0 Å². The number of rotatable bonds is 1. The van der Waals surface area contributed by atoms with Gasteiger partial charge in [0.15, 0.2) is 5.43 Å². The molecular weight excluding hydrogens is 220 g/mol. The van der Waals surface area contributed by atoms with Crippen LogP contribution in [0.1, 0.15) is 12.0 Å². The Morgan fingerprint density at radius 2 is 2.18 bits per heavy atom. The number of hydrogen-bond acceptors (Lipinski definition) is 3. The van der Waals surface area contributed by atoms with E-state index in [1.54, 1.807) is 18.2 Å². The first-order chi connectivity index (χ1) is 8.16. The van der Waals surface area contributed by atoms with E-state index in [0.717, 1.165) is 0 Å². The Bertz CT molecular complexity index is 686. The fourth-order valence-electron chi connectivity index (χ4n) is 1.38. The molecular formula is C13H8O4. The third-order valence-electron chi connectivity index (χ3n) is 2.13. The van der Waals surface area contributed by atoms with Gasteiger partial charge >= 0.3 is 5.97 Å². The Morgan fingerprint density at radius 3 is 2.94 bits per heavy atom. The van der Waals surface area contributed by atoms with E-state index in [1.807, 2.05) is 0 Å². The van der Waals surface area contributed by atoms with Crippen molar-refractivity contribution >= 4 is 16.9 Å². The summed E-state index contributed by atoms with van der Waals surface area (Å²) in [6.45, 7) is 0. The van der Waals surface area contributed by atoms with Crippen molar-refractivity contribution in [2.75, 3.05) is 0 Å². The SMILES string of the molecule is O=C(O)CC#Cc1ccc2occc(=O)c2c1. The Balaban J connectivity index is 2.43. The van der Waals surface area contributed by atoms with Crippen molar-refractivity contribution in [3.8, 4) is 11.8 Å². The molecule has 1 aromatic carbocycles. The lowest BCUT2D eigenvalue weighted by Gasteiger charge is -1.95. The molecule has 0 fully saturated rings. The number of carboxylic acid groups (broad SMARTS) is 1. The smallest absolute Gasteiger partial charge is 0.315 e. The summed E-state index contributed by atoms with van der Waals surface area (Å²) in [6, 6.07) is 6.24. The topological polar surface area (TPSA) is 67.5 Å². The molecule has 17 heavy (non-hydrogen) atoms. The molecule has 4 heteroatoms. The van der Waals surface area contributed by atoms with Gasteiger partial charge in [-0.2, -0.15) is 0 Å². The maximum atomic E-state index is 11.5. The van der Waals surface area contributed by atoms with E-state index in [-0.39, 0.29) is 11.8 Å². The zero-order valence-corrected chi connectivity index (χ0v) is 8.77. The van der Waals surface area contributed by atoms with Crippen LogP contribution in [0.3, 0.4) is 0 Å². The minimum atomic E-state index is -0.974. The third-order valence-corrected chi connectivity index (χ3v) is 2.13. The Hall–Kier alpha value is -2.54. The molecule has 84 valence electrons. The maximum Gasteiger partial charge on any atom is 0.315 e. The minimum Gasteiger partial charge on any atom is -0.481 e. The molecule has 0 bridgehead atoms. The second kappa shape index (κ2) is 4.54. The Labute approximate surface area is 96.5 Å². The summed E-state index contributed by atoms with van der Waals surface area (Å²) < 4.78 is 5.15. The highest BCUT2D eigenvalue weighted by molar-refractivity contribution is 5.78. The molecule has 0 saturated heterocycles. The lowest BCUT2D eigenvalue weighted by Crippen LogP contribution is -1.98. The third kappa shape index (κ3) is 2.52. The van der Waals surface area contributed by atoms with Crippen LogP contribution in [0.5, 0.6) is 0 Å². The van der Waals surface area contributed by atoms with Gasteiger partial charge in [0.05, 0.1) is 11.6 Å². The molecule has 0 aliphatic heterocycles. The van der Waals surface area contributed by atoms with Crippen LogP contribution >= 0.6 is 0 Å². The number of benzene rings is 1. The second-order valence-corrected chi connectivity index (χ2v) is 3.37. The van der Waals surface area contributed by atoms with E-state index >= 15 is 0 Å². The summed E-state index contributed by atoms with van der Waals surface area (Å²) in [5, 5.41) is 8.88. The van der Waals surface area contributed by atoms with Crippen LogP contribution in [-0.2, 0) is 4.79 Å². The van der Waals surface area contributed by atoms with E-state index in [1.165, 1.54) is 12.3 Å². The predicted octanol–water partition coefficient (Wildman–Crippen LogP) is 1.62. The summed E-state index contributed by atoms with van der Waals surface area (Å²) in [5.74, 6) is 4.21. The summed E-state index contributed by atoms with van der Waals surface area (Å²) in [5.41, 5.74) is 0.937. The zero-order valence-electron chi connectivity index (χ0n) is 8.77. The molecule has 0 radical (unpaired) electrons. The number of fused-ring (bicyclic) bond motifs is 1. The lowest BCUT2D eigenvalue weighted by molar-refractivity contribution is -0.135. The number of carboxylic acids is 1. The number of carbonyl (C=O) groups is 1.